The minimum Gasteiger partial charge on any atom is -0.493 e. The summed E-state index contributed by atoms with van der Waals surface area (Å²) in [4.78, 5) is 7.00. The normalized spacial score (nSPS) is 24.7. The first-order valence-electron chi connectivity index (χ1n) is 10.8. The molecule has 2 aliphatic heterocycles. The summed E-state index contributed by atoms with van der Waals surface area (Å²) in [5, 5.41) is 3.35. The number of nitrogens with one attached hydrogen (secondary N) is 1. The molecule has 6 heteroatoms. The zero-order valence-corrected chi connectivity index (χ0v) is 17.9. The van der Waals surface area contributed by atoms with Crippen molar-refractivity contribution >= 4 is 5.96 Å². The van der Waals surface area contributed by atoms with Crippen LogP contribution in [0.1, 0.15) is 43.0 Å². The molecular weight excluding hydrogens is 376 g/mol. The number of nitrogens with two attached hydrogens (primary N) is 1. The Labute approximate surface area is 179 Å². The van der Waals surface area contributed by atoms with Crippen molar-refractivity contribution in [3.63, 3.8) is 0 Å². The molecule has 1 fully saturated rings. The van der Waals surface area contributed by atoms with Crippen molar-refractivity contribution in [3.8, 4) is 5.75 Å². The maximum absolute atomic E-state index is 6.17. The maximum Gasteiger partial charge on any atom is 0.189 e. The van der Waals surface area contributed by atoms with E-state index in [1.807, 2.05) is 18.2 Å². The zero-order chi connectivity index (χ0) is 20.9. The number of aliphatic imine (C=N–C) groups is 1. The monoisotopic (exact) mass is 408 g/mol. The van der Waals surface area contributed by atoms with Crippen molar-refractivity contribution in [2.24, 2.45) is 10.7 Å². The number of morpholine rings is 1. The molecule has 0 saturated carbocycles. The molecule has 3 N–H and O–H groups in total. The molecule has 0 radical (unpaired) electrons. The highest BCUT2D eigenvalue weighted by atomic mass is 16.5. The van der Waals surface area contributed by atoms with Gasteiger partial charge in [-0.2, -0.15) is 0 Å². The van der Waals surface area contributed by atoms with E-state index in [2.05, 4.69) is 59.4 Å². The van der Waals surface area contributed by atoms with Crippen LogP contribution >= 0.6 is 0 Å². The summed E-state index contributed by atoms with van der Waals surface area (Å²) in [5.74, 6) is 1.39. The molecule has 0 spiro atoms. The molecule has 30 heavy (non-hydrogen) atoms. The van der Waals surface area contributed by atoms with E-state index >= 15 is 0 Å². The second-order valence-electron chi connectivity index (χ2n) is 8.34. The Hall–Kier alpha value is -2.57. The number of hydrogen-bond acceptors (Lipinski definition) is 4. The topological polar surface area (TPSA) is 72.1 Å². The smallest absolute Gasteiger partial charge is 0.189 e. The van der Waals surface area contributed by atoms with E-state index in [0.717, 1.165) is 42.9 Å². The molecule has 2 heterocycles. The van der Waals surface area contributed by atoms with E-state index in [1.165, 1.54) is 5.56 Å². The fraction of sp³-hybridized carbons (Fsp3) is 0.458. The van der Waals surface area contributed by atoms with Crippen molar-refractivity contribution in [1.82, 2.24) is 10.2 Å². The quantitative estimate of drug-likeness (QED) is 0.587. The number of ether oxygens (including phenoxy) is 2. The Morgan fingerprint density at radius 1 is 1.07 bits per heavy atom. The first kappa shape index (κ1) is 20.7. The number of para-hydroxylation sites is 1. The molecular formula is C24H32N4O2. The molecule has 4 rings (SSSR count). The van der Waals surface area contributed by atoms with Crippen LogP contribution in [0.2, 0.25) is 0 Å². The average Bonchev–Trinajstić information content (AvgIpc) is 2.73. The van der Waals surface area contributed by atoms with E-state index in [1.54, 1.807) is 0 Å². The summed E-state index contributed by atoms with van der Waals surface area (Å²) < 4.78 is 11.5. The van der Waals surface area contributed by atoms with E-state index in [0.29, 0.717) is 31.3 Å². The van der Waals surface area contributed by atoms with Crippen molar-refractivity contribution in [3.05, 3.63) is 65.2 Å². The van der Waals surface area contributed by atoms with Crippen LogP contribution < -0.4 is 15.8 Å². The lowest BCUT2D eigenvalue weighted by atomic mass is 10.0. The molecule has 3 atom stereocenters. The van der Waals surface area contributed by atoms with Crippen LogP contribution in [0.25, 0.3) is 0 Å². The second kappa shape index (κ2) is 9.49. The first-order valence-corrected chi connectivity index (χ1v) is 10.8. The summed E-state index contributed by atoms with van der Waals surface area (Å²) in [6.45, 7) is 8.44. The lowest BCUT2D eigenvalue weighted by Gasteiger charge is -2.35. The predicted octanol–water partition coefficient (Wildman–Crippen LogP) is 3.22. The molecule has 0 aliphatic carbocycles. The SMILES string of the molecule is CC1CN(Cc2ccc(CN=C(N)NC3CCOc4ccccc43)cc2)CC(C)O1. The number of fused-ring (bicyclic) bond motifs is 1. The summed E-state index contributed by atoms with van der Waals surface area (Å²) >= 11 is 0. The van der Waals surface area contributed by atoms with Crippen LogP contribution in [0.3, 0.4) is 0 Å². The lowest BCUT2D eigenvalue weighted by molar-refractivity contribution is -0.0704. The molecule has 2 aliphatic rings. The van der Waals surface area contributed by atoms with Crippen LogP contribution in [-0.2, 0) is 17.8 Å². The highest BCUT2D eigenvalue weighted by molar-refractivity contribution is 5.78. The highest BCUT2D eigenvalue weighted by Gasteiger charge is 2.22. The van der Waals surface area contributed by atoms with Gasteiger partial charge in [-0.3, -0.25) is 4.90 Å². The van der Waals surface area contributed by atoms with Gasteiger partial charge in [-0.05, 0) is 31.0 Å². The maximum atomic E-state index is 6.17. The van der Waals surface area contributed by atoms with Gasteiger partial charge in [0.05, 0.1) is 31.4 Å². The molecule has 2 aromatic rings. The van der Waals surface area contributed by atoms with Gasteiger partial charge in [0.15, 0.2) is 5.96 Å². The Morgan fingerprint density at radius 3 is 2.53 bits per heavy atom. The number of guanidine groups is 1. The average molecular weight is 409 g/mol. The molecule has 0 amide bonds. The third kappa shape index (κ3) is 5.32. The standard InChI is InChI=1S/C24H32N4O2/c1-17-14-28(15-18(2)30-17)16-20-9-7-19(8-10-20)13-26-24(25)27-22-11-12-29-23-6-4-3-5-21(22)23/h3-10,17-18,22H,11-16H2,1-2H3,(H3,25,26,27). The third-order valence-electron chi connectivity index (χ3n) is 5.64. The number of nitrogens with zero attached hydrogens (tertiary/aromatic N) is 2. The predicted molar refractivity (Wildman–Crippen MR) is 119 cm³/mol. The van der Waals surface area contributed by atoms with Crippen LogP contribution in [0.5, 0.6) is 5.75 Å². The fourth-order valence-corrected chi connectivity index (χ4v) is 4.31. The van der Waals surface area contributed by atoms with Gasteiger partial charge in [0.25, 0.3) is 0 Å². The van der Waals surface area contributed by atoms with Crippen molar-refractivity contribution < 1.29 is 9.47 Å². The Kier molecular flexibility index (Phi) is 6.55. The molecule has 3 unspecified atom stereocenters. The van der Waals surface area contributed by atoms with Crippen LogP contribution in [-0.4, -0.2) is 42.8 Å². The molecule has 160 valence electrons. The van der Waals surface area contributed by atoms with Gasteiger partial charge in [0.2, 0.25) is 0 Å². The minimum atomic E-state index is 0.138. The molecule has 0 aromatic heterocycles. The van der Waals surface area contributed by atoms with Gasteiger partial charge >= 0.3 is 0 Å². The Balaban J connectivity index is 1.31. The second-order valence-corrected chi connectivity index (χ2v) is 8.34. The van der Waals surface area contributed by atoms with Gasteiger partial charge < -0.3 is 20.5 Å². The van der Waals surface area contributed by atoms with E-state index in [4.69, 9.17) is 15.2 Å². The van der Waals surface area contributed by atoms with Crippen LogP contribution in [0.15, 0.2) is 53.5 Å². The molecule has 1 saturated heterocycles. The molecule has 6 nitrogen and oxygen atoms in total. The first-order chi connectivity index (χ1) is 14.6. The number of rotatable bonds is 5. The molecule has 2 aromatic carbocycles. The Bertz CT molecular complexity index is 858. The van der Waals surface area contributed by atoms with Crippen LogP contribution in [0, 0.1) is 0 Å². The van der Waals surface area contributed by atoms with Gasteiger partial charge in [0.1, 0.15) is 5.75 Å². The van der Waals surface area contributed by atoms with Crippen molar-refractivity contribution in [2.45, 2.75) is 51.6 Å². The summed E-state index contributed by atoms with van der Waals surface area (Å²) in [6, 6.07) is 16.9. The van der Waals surface area contributed by atoms with Crippen molar-refractivity contribution in [2.75, 3.05) is 19.7 Å². The number of hydrogen-bond donors (Lipinski definition) is 2. The van der Waals surface area contributed by atoms with Crippen molar-refractivity contribution in [1.29, 1.82) is 0 Å². The largest absolute Gasteiger partial charge is 0.493 e. The fourth-order valence-electron chi connectivity index (χ4n) is 4.31. The van der Waals surface area contributed by atoms with E-state index in [9.17, 15) is 0 Å². The summed E-state index contributed by atoms with van der Waals surface area (Å²) in [7, 11) is 0. The minimum absolute atomic E-state index is 0.138. The Morgan fingerprint density at radius 2 is 1.77 bits per heavy atom. The van der Waals surface area contributed by atoms with Gasteiger partial charge in [-0.15, -0.1) is 0 Å². The summed E-state index contributed by atoms with van der Waals surface area (Å²) in [6.07, 6.45) is 1.46. The van der Waals surface area contributed by atoms with E-state index in [-0.39, 0.29) is 6.04 Å². The van der Waals surface area contributed by atoms with Crippen LogP contribution in [0.4, 0.5) is 0 Å². The zero-order valence-electron chi connectivity index (χ0n) is 17.9. The highest BCUT2D eigenvalue weighted by Crippen LogP contribution is 2.31. The molecule has 0 bridgehead atoms. The summed E-state index contributed by atoms with van der Waals surface area (Å²) in [5.41, 5.74) is 9.77. The van der Waals surface area contributed by atoms with Gasteiger partial charge in [-0.1, -0.05) is 42.5 Å². The lowest BCUT2D eigenvalue weighted by Crippen LogP contribution is -2.44. The van der Waals surface area contributed by atoms with E-state index < -0.39 is 0 Å². The van der Waals surface area contributed by atoms with Gasteiger partial charge in [-0.25, -0.2) is 4.99 Å². The van der Waals surface area contributed by atoms with Gasteiger partial charge in [0, 0.05) is 31.6 Å². The number of benzene rings is 2. The third-order valence-corrected chi connectivity index (χ3v) is 5.64.